The molecule has 0 aliphatic rings. The van der Waals surface area contributed by atoms with E-state index in [-0.39, 0.29) is 28.4 Å². The Bertz CT molecular complexity index is 1170. The standard InChI is InChI=1S/C21H22N4O5/c1-13(2)10-11-24-21(27)16-7-5-4-6-15(16)19(23-24)20(26)22-17-12-14(25(28)29)8-9-18(17)30-3/h4-9,12-13H,10-11H2,1-3H3,(H,22,26). The topological polar surface area (TPSA) is 116 Å². The summed E-state index contributed by atoms with van der Waals surface area (Å²) in [6.45, 7) is 4.45. The first-order chi connectivity index (χ1) is 14.3. The van der Waals surface area contributed by atoms with Gasteiger partial charge < -0.3 is 10.1 Å². The summed E-state index contributed by atoms with van der Waals surface area (Å²) in [6.07, 6.45) is 0.727. The van der Waals surface area contributed by atoms with Crippen LogP contribution in [-0.4, -0.2) is 27.7 Å². The molecule has 0 unspecified atom stereocenters. The molecule has 0 aliphatic heterocycles. The number of carbonyl (C=O) groups excluding carboxylic acids is 1. The number of nitrogens with zero attached hydrogens (tertiary/aromatic N) is 3. The van der Waals surface area contributed by atoms with E-state index < -0.39 is 10.8 Å². The van der Waals surface area contributed by atoms with Crippen LogP contribution < -0.4 is 15.6 Å². The van der Waals surface area contributed by atoms with Crippen LogP contribution in [-0.2, 0) is 6.54 Å². The summed E-state index contributed by atoms with van der Waals surface area (Å²) in [7, 11) is 1.40. The molecule has 1 aromatic heterocycles. The van der Waals surface area contributed by atoms with E-state index in [1.807, 2.05) is 13.8 Å². The van der Waals surface area contributed by atoms with Crippen LogP contribution in [0.2, 0.25) is 0 Å². The molecule has 0 fully saturated rings. The summed E-state index contributed by atoms with van der Waals surface area (Å²) < 4.78 is 6.49. The Morgan fingerprint density at radius 1 is 1.23 bits per heavy atom. The monoisotopic (exact) mass is 410 g/mol. The number of ether oxygens (including phenoxy) is 1. The van der Waals surface area contributed by atoms with Crippen molar-refractivity contribution >= 4 is 28.1 Å². The fourth-order valence-electron chi connectivity index (χ4n) is 3.02. The molecule has 0 spiro atoms. The number of methoxy groups -OCH3 is 1. The fourth-order valence-corrected chi connectivity index (χ4v) is 3.02. The molecule has 9 heteroatoms. The first kappa shape index (κ1) is 21.0. The van der Waals surface area contributed by atoms with Crippen molar-refractivity contribution < 1.29 is 14.5 Å². The number of anilines is 1. The molecule has 2 aromatic carbocycles. The fraction of sp³-hybridized carbons (Fsp3) is 0.286. The van der Waals surface area contributed by atoms with Gasteiger partial charge in [-0.1, -0.05) is 32.0 Å². The number of nitrogens with one attached hydrogen (secondary N) is 1. The number of nitro benzene ring substituents is 1. The van der Waals surface area contributed by atoms with Gasteiger partial charge in [-0.2, -0.15) is 5.10 Å². The number of amides is 1. The van der Waals surface area contributed by atoms with Gasteiger partial charge in [0.15, 0.2) is 5.69 Å². The minimum absolute atomic E-state index is 0.0579. The van der Waals surface area contributed by atoms with Crippen LogP contribution in [0.3, 0.4) is 0 Å². The van der Waals surface area contributed by atoms with Gasteiger partial charge in [0.25, 0.3) is 17.2 Å². The molecule has 0 atom stereocenters. The molecule has 156 valence electrons. The Labute approximate surface area is 172 Å². The Hall–Kier alpha value is -3.75. The summed E-state index contributed by atoms with van der Waals surface area (Å²) in [5, 5.41) is 18.8. The molecule has 1 heterocycles. The number of hydrogen-bond acceptors (Lipinski definition) is 6. The third kappa shape index (κ3) is 4.29. The minimum atomic E-state index is -0.594. The molecule has 3 aromatic rings. The van der Waals surface area contributed by atoms with Crippen LogP contribution in [0.4, 0.5) is 11.4 Å². The number of fused-ring (bicyclic) bond motifs is 1. The molecule has 1 amide bonds. The summed E-state index contributed by atoms with van der Waals surface area (Å²) in [6, 6.07) is 10.6. The number of non-ortho nitro benzene ring substituents is 1. The Morgan fingerprint density at radius 3 is 2.57 bits per heavy atom. The predicted octanol–water partition coefficient (Wildman–Crippen LogP) is 3.61. The van der Waals surface area contributed by atoms with Crippen molar-refractivity contribution in [2.24, 2.45) is 5.92 Å². The van der Waals surface area contributed by atoms with Crippen LogP contribution in [0.15, 0.2) is 47.3 Å². The van der Waals surface area contributed by atoms with E-state index in [4.69, 9.17) is 4.74 Å². The Kier molecular flexibility index (Phi) is 6.10. The normalized spacial score (nSPS) is 10.9. The van der Waals surface area contributed by atoms with Crippen LogP contribution in [0.25, 0.3) is 10.8 Å². The maximum absolute atomic E-state index is 13.1. The largest absolute Gasteiger partial charge is 0.495 e. The van der Waals surface area contributed by atoms with Crippen LogP contribution in [0, 0.1) is 16.0 Å². The lowest BCUT2D eigenvalue weighted by atomic mass is 10.1. The highest BCUT2D eigenvalue weighted by atomic mass is 16.6. The molecule has 0 saturated carbocycles. The molecular weight excluding hydrogens is 388 g/mol. The average Bonchev–Trinajstić information content (AvgIpc) is 2.73. The van der Waals surface area contributed by atoms with Crippen LogP contribution >= 0.6 is 0 Å². The molecule has 0 bridgehead atoms. The Morgan fingerprint density at radius 2 is 1.93 bits per heavy atom. The van der Waals surface area contributed by atoms with Gasteiger partial charge in [0.05, 0.1) is 23.1 Å². The van der Waals surface area contributed by atoms with Gasteiger partial charge in [-0.05, 0) is 24.5 Å². The zero-order valence-electron chi connectivity index (χ0n) is 16.9. The van der Waals surface area contributed by atoms with Gasteiger partial charge in [-0.25, -0.2) is 4.68 Å². The lowest BCUT2D eigenvalue weighted by Gasteiger charge is -2.13. The third-order valence-corrected chi connectivity index (χ3v) is 4.64. The first-order valence-electron chi connectivity index (χ1n) is 9.45. The van der Waals surface area contributed by atoms with Gasteiger partial charge in [0.1, 0.15) is 5.75 Å². The number of nitro groups is 1. The van der Waals surface area contributed by atoms with Crippen molar-refractivity contribution in [3.63, 3.8) is 0 Å². The first-order valence-corrected chi connectivity index (χ1v) is 9.45. The molecule has 3 rings (SSSR count). The second-order valence-electron chi connectivity index (χ2n) is 7.20. The lowest BCUT2D eigenvalue weighted by molar-refractivity contribution is -0.384. The van der Waals surface area contributed by atoms with E-state index in [1.165, 1.54) is 30.0 Å². The highest BCUT2D eigenvalue weighted by Crippen LogP contribution is 2.29. The summed E-state index contributed by atoms with van der Waals surface area (Å²) in [5.74, 6) is 0.0336. The van der Waals surface area contributed by atoms with E-state index in [0.29, 0.717) is 23.2 Å². The van der Waals surface area contributed by atoms with Crippen molar-refractivity contribution in [3.8, 4) is 5.75 Å². The second-order valence-corrected chi connectivity index (χ2v) is 7.20. The zero-order valence-corrected chi connectivity index (χ0v) is 16.9. The third-order valence-electron chi connectivity index (χ3n) is 4.64. The molecule has 0 saturated heterocycles. The van der Waals surface area contributed by atoms with Crippen molar-refractivity contribution in [2.75, 3.05) is 12.4 Å². The van der Waals surface area contributed by atoms with Gasteiger partial charge in [0.2, 0.25) is 0 Å². The van der Waals surface area contributed by atoms with E-state index in [2.05, 4.69) is 10.4 Å². The van der Waals surface area contributed by atoms with Gasteiger partial charge in [-0.3, -0.25) is 19.7 Å². The smallest absolute Gasteiger partial charge is 0.276 e. The quantitative estimate of drug-likeness (QED) is 0.470. The summed E-state index contributed by atoms with van der Waals surface area (Å²) >= 11 is 0. The minimum Gasteiger partial charge on any atom is -0.495 e. The van der Waals surface area contributed by atoms with Crippen molar-refractivity contribution in [1.82, 2.24) is 9.78 Å². The van der Waals surface area contributed by atoms with Gasteiger partial charge >= 0.3 is 0 Å². The number of rotatable bonds is 7. The highest BCUT2D eigenvalue weighted by Gasteiger charge is 2.20. The maximum Gasteiger partial charge on any atom is 0.276 e. The van der Waals surface area contributed by atoms with Crippen molar-refractivity contribution in [2.45, 2.75) is 26.8 Å². The molecule has 30 heavy (non-hydrogen) atoms. The predicted molar refractivity (Wildman–Crippen MR) is 113 cm³/mol. The molecule has 0 aliphatic carbocycles. The maximum atomic E-state index is 13.1. The number of benzene rings is 2. The van der Waals surface area contributed by atoms with Crippen molar-refractivity contribution in [1.29, 1.82) is 0 Å². The number of hydrogen-bond donors (Lipinski definition) is 1. The molecular formula is C21H22N4O5. The highest BCUT2D eigenvalue weighted by molar-refractivity contribution is 6.11. The van der Waals surface area contributed by atoms with E-state index in [9.17, 15) is 19.7 Å². The van der Waals surface area contributed by atoms with E-state index >= 15 is 0 Å². The van der Waals surface area contributed by atoms with Gasteiger partial charge in [-0.15, -0.1) is 0 Å². The lowest BCUT2D eigenvalue weighted by Crippen LogP contribution is -2.28. The molecule has 1 N–H and O–H groups in total. The molecule has 9 nitrogen and oxygen atoms in total. The summed E-state index contributed by atoms with van der Waals surface area (Å²) in [5.41, 5.74) is -0.258. The Balaban J connectivity index is 2.07. The van der Waals surface area contributed by atoms with E-state index in [0.717, 1.165) is 6.42 Å². The SMILES string of the molecule is COc1ccc([N+](=O)[O-])cc1NC(=O)c1nn(CCC(C)C)c(=O)c2ccccc12. The molecule has 0 radical (unpaired) electrons. The number of aromatic nitrogens is 2. The second kappa shape index (κ2) is 8.73. The number of carbonyl (C=O) groups is 1. The van der Waals surface area contributed by atoms with E-state index in [1.54, 1.807) is 24.3 Å². The number of aryl methyl sites for hydroxylation is 1. The van der Waals surface area contributed by atoms with Crippen LogP contribution in [0.1, 0.15) is 30.8 Å². The average molecular weight is 410 g/mol. The van der Waals surface area contributed by atoms with Crippen LogP contribution in [0.5, 0.6) is 5.75 Å². The van der Waals surface area contributed by atoms with Gasteiger partial charge in [0, 0.05) is 24.1 Å². The zero-order chi connectivity index (χ0) is 21.8. The summed E-state index contributed by atoms with van der Waals surface area (Å²) in [4.78, 5) is 36.4. The van der Waals surface area contributed by atoms with Crippen molar-refractivity contribution in [3.05, 3.63) is 68.6 Å².